The van der Waals surface area contributed by atoms with Crippen molar-refractivity contribution in [1.82, 2.24) is 0 Å². The van der Waals surface area contributed by atoms with E-state index in [-0.39, 0.29) is 18.8 Å². The first-order valence-corrected chi connectivity index (χ1v) is 11.3. The van der Waals surface area contributed by atoms with E-state index in [0.29, 0.717) is 24.2 Å². The predicted molar refractivity (Wildman–Crippen MR) is 118 cm³/mol. The van der Waals surface area contributed by atoms with Crippen LogP contribution in [0.25, 0.3) is 0 Å². The van der Waals surface area contributed by atoms with E-state index in [4.69, 9.17) is 14.2 Å². The van der Waals surface area contributed by atoms with Gasteiger partial charge in [-0.1, -0.05) is 20.8 Å². The highest BCUT2D eigenvalue weighted by Crippen LogP contribution is 2.60. The number of methoxy groups -OCH3 is 1. The summed E-state index contributed by atoms with van der Waals surface area (Å²) in [6.45, 7) is 8.89. The molecule has 6 atom stereocenters. The van der Waals surface area contributed by atoms with Crippen molar-refractivity contribution in [2.45, 2.75) is 83.7 Å². The van der Waals surface area contributed by atoms with Gasteiger partial charge in [0.2, 0.25) is 0 Å². The first-order chi connectivity index (χ1) is 14.8. The second-order valence-electron chi connectivity index (χ2n) is 10.3. The van der Waals surface area contributed by atoms with E-state index in [1.165, 1.54) is 6.92 Å². The minimum atomic E-state index is -1.22. The summed E-state index contributed by atoms with van der Waals surface area (Å²) in [5, 5.41) is 22.9. The second-order valence-corrected chi connectivity index (χ2v) is 10.3. The fourth-order valence-corrected chi connectivity index (χ4v) is 5.70. The predicted octanol–water partition coefficient (Wildman–Crippen LogP) is 3.50. The Morgan fingerprint density at radius 3 is 2.19 bits per heavy atom. The van der Waals surface area contributed by atoms with Crippen LogP contribution in [-0.4, -0.2) is 52.7 Å². The molecule has 178 valence electrons. The minimum absolute atomic E-state index is 0.169. The summed E-state index contributed by atoms with van der Waals surface area (Å²) >= 11 is 0. The van der Waals surface area contributed by atoms with E-state index in [1.807, 2.05) is 20.8 Å². The molecule has 7 heteroatoms. The van der Waals surface area contributed by atoms with Gasteiger partial charge in [0.05, 0.1) is 23.9 Å². The van der Waals surface area contributed by atoms with Gasteiger partial charge in [-0.25, -0.2) is 4.79 Å². The van der Waals surface area contributed by atoms with Crippen LogP contribution in [0, 0.1) is 17.3 Å². The number of fused-ring (bicyclic) bond motifs is 1. The highest BCUT2D eigenvalue weighted by molar-refractivity contribution is 5.89. The van der Waals surface area contributed by atoms with Gasteiger partial charge in [0.25, 0.3) is 0 Å². The van der Waals surface area contributed by atoms with Crippen molar-refractivity contribution in [3.63, 3.8) is 0 Å². The molecule has 2 aliphatic carbocycles. The molecule has 0 aliphatic heterocycles. The number of carbonyl (C=O) groups is 2. The van der Waals surface area contributed by atoms with Gasteiger partial charge in [-0.15, -0.1) is 0 Å². The third-order valence-electron chi connectivity index (χ3n) is 7.60. The normalized spacial score (nSPS) is 36.8. The van der Waals surface area contributed by atoms with Crippen LogP contribution >= 0.6 is 0 Å². The van der Waals surface area contributed by atoms with E-state index < -0.39 is 46.7 Å². The topological polar surface area (TPSA) is 102 Å². The molecule has 2 aliphatic rings. The molecule has 1 aromatic carbocycles. The largest absolute Gasteiger partial charge is 0.497 e. The Kier molecular flexibility index (Phi) is 6.64. The third-order valence-corrected chi connectivity index (χ3v) is 7.60. The molecule has 2 fully saturated rings. The molecule has 0 aromatic heterocycles. The van der Waals surface area contributed by atoms with Gasteiger partial charge in [0, 0.05) is 31.1 Å². The van der Waals surface area contributed by atoms with Gasteiger partial charge in [-0.3, -0.25) is 4.79 Å². The van der Waals surface area contributed by atoms with Gasteiger partial charge in [-0.2, -0.15) is 0 Å². The Morgan fingerprint density at radius 1 is 1.03 bits per heavy atom. The molecule has 0 spiro atoms. The van der Waals surface area contributed by atoms with Crippen molar-refractivity contribution < 1.29 is 34.0 Å². The second kappa shape index (κ2) is 8.67. The Morgan fingerprint density at radius 2 is 1.66 bits per heavy atom. The zero-order valence-corrected chi connectivity index (χ0v) is 19.9. The van der Waals surface area contributed by atoms with Gasteiger partial charge in [-0.05, 0) is 49.9 Å². The molecule has 2 N–H and O–H groups in total. The summed E-state index contributed by atoms with van der Waals surface area (Å²) in [4.78, 5) is 24.9. The molecule has 0 saturated heterocycles. The van der Waals surface area contributed by atoms with Crippen LogP contribution in [0.3, 0.4) is 0 Å². The zero-order valence-electron chi connectivity index (χ0n) is 19.9. The fourth-order valence-electron chi connectivity index (χ4n) is 5.70. The highest BCUT2D eigenvalue weighted by Gasteiger charge is 2.66. The lowest BCUT2D eigenvalue weighted by Gasteiger charge is -2.43. The molecule has 0 heterocycles. The molecule has 7 nitrogen and oxygen atoms in total. The average Bonchev–Trinajstić information content (AvgIpc) is 2.86. The molecule has 0 unspecified atom stereocenters. The van der Waals surface area contributed by atoms with Crippen molar-refractivity contribution in [1.29, 1.82) is 0 Å². The van der Waals surface area contributed by atoms with E-state index in [2.05, 4.69) is 0 Å². The molecule has 3 rings (SSSR count). The zero-order chi connectivity index (χ0) is 23.9. The van der Waals surface area contributed by atoms with Crippen LogP contribution in [0.5, 0.6) is 5.75 Å². The lowest BCUT2D eigenvalue weighted by Crippen LogP contribution is -2.51. The van der Waals surface area contributed by atoms with Crippen molar-refractivity contribution in [3.05, 3.63) is 29.8 Å². The van der Waals surface area contributed by atoms with Crippen LogP contribution in [0.2, 0.25) is 0 Å². The molecule has 0 bridgehead atoms. The summed E-state index contributed by atoms with van der Waals surface area (Å²) in [5.74, 6) is -0.987. The monoisotopic (exact) mass is 448 g/mol. The Bertz CT molecular complexity index is 846. The summed E-state index contributed by atoms with van der Waals surface area (Å²) in [6, 6.07) is 6.61. The summed E-state index contributed by atoms with van der Waals surface area (Å²) < 4.78 is 16.8. The van der Waals surface area contributed by atoms with Gasteiger partial charge in [0.15, 0.2) is 0 Å². The smallest absolute Gasteiger partial charge is 0.338 e. The number of hydrogen-bond acceptors (Lipinski definition) is 7. The summed E-state index contributed by atoms with van der Waals surface area (Å²) in [7, 11) is 1.55. The number of esters is 2. The van der Waals surface area contributed by atoms with Crippen molar-refractivity contribution >= 4 is 11.9 Å². The molecule has 1 aromatic rings. The molecular formula is C25H36O7. The van der Waals surface area contributed by atoms with E-state index in [9.17, 15) is 19.8 Å². The van der Waals surface area contributed by atoms with E-state index in [0.717, 1.165) is 0 Å². The van der Waals surface area contributed by atoms with Crippen LogP contribution in [-0.2, 0) is 14.3 Å². The number of benzene rings is 1. The van der Waals surface area contributed by atoms with Crippen molar-refractivity contribution in [3.8, 4) is 5.75 Å². The lowest BCUT2D eigenvalue weighted by atomic mass is 9.67. The highest BCUT2D eigenvalue weighted by atomic mass is 16.6. The molecular weight excluding hydrogens is 412 g/mol. The summed E-state index contributed by atoms with van der Waals surface area (Å²) in [6.07, 6.45) is 0.159. The van der Waals surface area contributed by atoms with Crippen molar-refractivity contribution in [2.75, 3.05) is 7.11 Å². The number of aliphatic hydroxyl groups is 2. The maximum Gasteiger partial charge on any atom is 0.338 e. The van der Waals surface area contributed by atoms with Crippen LogP contribution < -0.4 is 4.74 Å². The number of carbonyl (C=O) groups excluding carboxylic acids is 2. The molecule has 32 heavy (non-hydrogen) atoms. The van der Waals surface area contributed by atoms with Crippen LogP contribution in [0.4, 0.5) is 0 Å². The number of rotatable bonds is 5. The van der Waals surface area contributed by atoms with E-state index >= 15 is 0 Å². The maximum absolute atomic E-state index is 13.1. The first kappa shape index (κ1) is 24.5. The van der Waals surface area contributed by atoms with E-state index in [1.54, 1.807) is 38.3 Å². The summed E-state index contributed by atoms with van der Waals surface area (Å²) in [5.41, 5.74) is -2.61. The van der Waals surface area contributed by atoms with Crippen molar-refractivity contribution in [2.24, 2.45) is 17.3 Å². The Hall–Kier alpha value is -2.12. The fraction of sp³-hybridized carbons (Fsp3) is 0.680. The maximum atomic E-state index is 13.1. The first-order valence-electron chi connectivity index (χ1n) is 11.3. The Balaban J connectivity index is 2.01. The minimum Gasteiger partial charge on any atom is -0.497 e. The quantitative estimate of drug-likeness (QED) is 0.665. The van der Waals surface area contributed by atoms with Gasteiger partial charge in [0.1, 0.15) is 18.0 Å². The SMILES string of the molecule is COc1ccc(C(=O)O[C@H]2C[C@@](C)(O)CC[C@]3(C)[C@@H]2[C@](O)(C(C)C)C[C@H]3OC(C)=O)cc1. The van der Waals surface area contributed by atoms with Gasteiger partial charge >= 0.3 is 11.9 Å². The number of hydrogen-bond donors (Lipinski definition) is 2. The molecule has 2 saturated carbocycles. The van der Waals surface area contributed by atoms with Gasteiger partial charge < -0.3 is 24.4 Å². The standard InChI is InChI=1S/C25H36O7/c1-15(2)25(29)14-20(31-16(3)26)24(5)12-11-23(4,28)13-19(21(24)25)32-22(27)17-7-9-18(30-6)10-8-17/h7-10,15,19-21,28-29H,11-14H2,1-6H3/t19-,20+,21+,23-,24-,25+/m0/s1. The van der Waals surface area contributed by atoms with Crippen LogP contribution in [0.15, 0.2) is 24.3 Å². The third kappa shape index (κ3) is 4.50. The Labute approximate surface area is 190 Å². The molecule has 0 amide bonds. The average molecular weight is 449 g/mol. The lowest BCUT2D eigenvalue weighted by molar-refractivity contribution is -0.154. The van der Waals surface area contributed by atoms with Crippen LogP contribution in [0.1, 0.15) is 70.7 Å². The number of ether oxygens (including phenoxy) is 3. The molecule has 0 radical (unpaired) electrons.